The van der Waals surface area contributed by atoms with Crippen molar-refractivity contribution in [3.8, 4) is 0 Å². The predicted molar refractivity (Wildman–Crippen MR) is 68.3 cm³/mol. The largest absolute Gasteiger partial charge is 0.358 e. The highest BCUT2D eigenvalue weighted by atomic mass is 32.2. The Kier molecular flexibility index (Phi) is 3.57. The summed E-state index contributed by atoms with van der Waals surface area (Å²) in [5.41, 5.74) is 1.42. The Morgan fingerprint density at radius 3 is 2.93 bits per heavy atom. The highest BCUT2D eigenvalue weighted by molar-refractivity contribution is 8.00. The lowest BCUT2D eigenvalue weighted by atomic mass is 10.2. The van der Waals surface area contributed by atoms with Gasteiger partial charge in [-0.05, 0) is 25.0 Å². The minimum Gasteiger partial charge on any atom is -0.358 e. The van der Waals surface area contributed by atoms with Crippen LogP contribution in [0.25, 0.3) is 0 Å². The van der Waals surface area contributed by atoms with Crippen LogP contribution in [0, 0.1) is 6.92 Å². The maximum Gasteiger partial charge on any atom is 0.0798 e. The summed E-state index contributed by atoms with van der Waals surface area (Å²) in [4.78, 5) is 3.97. The van der Waals surface area contributed by atoms with E-state index in [4.69, 9.17) is 0 Å². The average molecular weight is 220 g/mol. The molecule has 1 nitrogen and oxygen atoms in total. The van der Waals surface area contributed by atoms with Crippen molar-refractivity contribution in [2.45, 2.75) is 36.5 Å². The van der Waals surface area contributed by atoms with Gasteiger partial charge in [-0.15, -0.1) is 0 Å². The number of benzene rings is 1. The molecule has 1 aromatic carbocycles. The molecule has 1 atom stereocenters. The van der Waals surface area contributed by atoms with Crippen molar-refractivity contribution >= 4 is 17.4 Å². The summed E-state index contributed by atoms with van der Waals surface area (Å²) in [7, 11) is 0. The molecule has 1 aliphatic rings. The molecule has 0 spiro atoms. The van der Waals surface area contributed by atoms with E-state index >= 15 is 0 Å². The van der Waals surface area contributed by atoms with Gasteiger partial charge in [0.05, 0.1) is 11.1 Å². The van der Waals surface area contributed by atoms with E-state index in [1.54, 1.807) is 0 Å². The quantitative estimate of drug-likeness (QED) is 0.756. The third-order valence-electron chi connectivity index (χ3n) is 2.70. The third kappa shape index (κ3) is 2.15. The van der Waals surface area contributed by atoms with Crippen molar-refractivity contribution in [2.24, 2.45) is 0 Å². The summed E-state index contributed by atoms with van der Waals surface area (Å²) >= 11 is 1.99. The standard InChI is InChI=1S/C13H18NS/c1-3-7-13-14(10-4-2)11-8-5-6-9-12(11)15-13/h5-6,8-9,13H,1,3-4,7,10H2,2H3. The van der Waals surface area contributed by atoms with Gasteiger partial charge in [-0.3, -0.25) is 0 Å². The minimum absolute atomic E-state index is 0.611. The molecular formula is C13H18NS. The Morgan fingerprint density at radius 1 is 1.40 bits per heavy atom. The Morgan fingerprint density at radius 2 is 2.20 bits per heavy atom. The first-order valence-electron chi connectivity index (χ1n) is 5.68. The lowest BCUT2D eigenvalue weighted by Crippen LogP contribution is -2.29. The van der Waals surface area contributed by atoms with Gasteiger partial charge >= 0.3 is 0 Å². The molecule has 2 rings (SSSR count). The van der Waals surface area contributed by atoms with E-state index < -0.39 is 0 Å². The Balaban J connectivity index is 2.21. The van der Waals surface area contributed by atoms with Crippen molar-refractivity contribution in [1.29, 1.82) is 0 Å². The van der Waals surface area contributed by atoms with Gasteiger partial charge in [0.15, 0.2) is 0 Å². The molecule has 0 aromatic heterocycles. The first-order chi connectivity index (χ1) is 7.36. The van der Waals surface area contributed by atoms with Gasteiger partial charge in [0.2, 0.25) is 0 Å². The van der Waals surface area contributed by atoms with E-state index in [1.807, 2.05) is 11.8 Å². The molecule has 0 N–H and O–H groups in total. The summed E-state index contributed by atoms with van der Waals surface area (Å²) in [6, 6.07) is 8.73. The lowest BCUT2D eigenvalue weighted by Gasteiger charge is -2.25. The van der Waals surface area contributed by atoms with Crippen LogP contribution in [0.3, 0.4) is 0 Å². The van der Waals surface area contributed by atoms with Crippen molar-refractivity contribution < 1.29 is 0 Å². The van der Waals surface area contributed by atoms with Gasteiger partial charge < -0.3 is 4.90 Å². The van der Waals surface area contributed by atoms with Crippen molar-refractivity contribution in [2.75, 3.05) is 11.4 Å². The fourth-order valence-corrected chi connectivity index (χ4v) is 3.44. The summed E-state index contributed by atoms with van der Waals surface area (Å²) in [5.74, 6) is 0. The van der Waals surface area contributed by atoms with E-state index in [-0.39, 0.29) is 0 Å². The molecule has 1 heterocycles. The molecule has 2 heteroatoms. The van der Waals surface area contributed by atoms with E-state index in [1.165, 1.54) is 23.4 Å². The number of para-hydroxylation sites is 1. The first-order valence-corrected chi connectivity index (χ1v) is 6.56. The molecule has 0 saturated heterocycles. The zero-order valence-corrected chi connectivity index (χ0v) is 10.1. The summed E-state index contributed by atoms with van der Waals surface area (Å²) < 4.78 is 0. The highest BCUT2D eigenvalue weighted by Gasteiger charge is 2.27. The van der Waals surface area contributed by atoms with Crippen LogP contribution in [0.4, 0.5) is 5.69 Å². The van der Waals surface area contributed by atoms with E-state index in [0.717, 1.165) is 13.0 Å². The molecule has 1 aromatic rings. The average Bonchev–Trinajstić information content (AvgIpc) is 2.59. The zero-order valence-electron chi connectivity index (χ0n) is 9.28. The van der Waals surface area contributed by atoms with E-state index in [0.29, 0.717) is 5.37 Å². The van der Waals surface area contributed by atoms with Crippen LogP contribution in [-0.4, -0.2) is 11.9 Å². The number of thioether (sulfide) groups is 1. The number of anilines is 1. The Hall–Kier alpha value is -0.630. The molecule has 0 fully saturated rings. The van der Waals surface area contributed by atoms with Crippen LogP contribution in [0.2, 0.25) is 0 Å². The SMILES string of the molecule is [CH2]CCC1Sc2ccccc2N1CCC. The molecular weight excluding hydrogens is 202 g/mol. The van der Waals surface area contributed by atoms with Crippen LogP contribution in [0.15, 0.2) is 29.2 Å². The van der Waals surface area contributed by atoms with Gasteiger partial charge in [-0.1, -0.05) is 44.2 Å². The third-order valence-corrected chi connectivity index (χ3v) is 4.06. The maximum atomic E-state index is 3.97. The predicted octanol–water partition coefficient (Wildman–Crippen LogP) is 3.95. The van der Waals surface area contributed by atoms with Crippen LogP contribution in [0.1, 0.15) is 26.2 Å². The molecule has 0 aliphatic carbocycles. The number of nitrogens with zero attached hydrogens (tertiary/aromatic N) is 1. The van der Waals surface area contributed by atoms with Crippen LogP contribution in [-0.2, 0) is 0 Å². The van der Waals surface area contributed by atoms with Gasteiger partial charge in [0.25, 0.3) is 0 Å². The first kappa shape index (κ1) is 10.9. The Bertz CT molecular complexity index is 324. The number of hydrogen-bond donors (Lipinski definition) is 0. The zero-order chi connectivity index (χ0) is 10.7. The molecule has 0 saturated carbocycles. The van der Waals surface area contributed by atoms with Gasteiger partial charge in [0, 0.05) is 11.4 Å². The normalized spacial score (nSPS) is 19.3. The monoisotopic (exact) mass is 220 g/mol. The molecule has 15 heavy (non-hydrogen) atoms. The lowest BCUT2D eigenvalue weighted by molar-refractivity contribution is 0.692. The Labute approximate surface area is 96.9 Å². The number of fused-ring (bicyclic) bond motifs is 1. The van der Waals surface area contributed by atoms with Crippen molar-refractivity contribution in [3.63, 3.8) is 0 Å². The smallest absolute Gasteiger partial charge is 0.0798 e. The molecule has 1 radical (unpaired) electrons. The second kappa shape index (κ2) is 4.93. The van der Waals surface area contributed by atoms with E-state index in [2.05, 4.69) is 43.0 Å². The molecule has 1 aliphatic heterocycles. The second-order valence-electron chi connectivity index (χ2n) is 3.88. The fourth-order valence-electron chi connectivity index (χ4n) is 2.05. The van der Waals surface area contributed by atoms with Crippen LogP contribution >= 0.6 is 11.8 Å². The summed E-state index contributed by atoms with van der Waals surface area (Å²) in [6.07, 6.45) is 3.41. The summed E-state index contributed by atoms with van der Waals surface area (Å²) in [6.45, 7) is 7.37. The fraction of sp³-hybridized carbons (Fsp3) is 0.462. The number of rotatable bonds is 4. The maximum absolute atomic E-state index is 3.97. The summed E-state index contributed by atoms with van der Waals surface area (Å²) in [5, 5.41) is 0.611. The topological polar surface area (TPSA) is 3.24 Å². The molecule has 1 unspecified atom stereocenters. The van der Waals surface area contributed by atoms with Gasteiger partial charge in [-0.25, -0.2) is 0 Å². The minimum atomic E-state index is 0.611. The second-order valence-corrected chi connectivity index (χ2v) is 5.10. The molecule has 0 amide bonds. The van der Waals surface area contributed by atoms with Crippen LogP contribution in [0.5, 0.6) is 0 Å². The van der Waals surface area contributed by atoms with Crippen molar-refractivity contribution in [1.82, 2.24) is 0 Å². The molecule has 0 bridgehead atoms. The number of hydrogen-bond acceptors (Lipinski definition) is 2. The van der Waals surface area contributed by atoms with E-state index in [9.17, 15) is 0 Å². The highest BCUT2D eigenvalue weighted by Crippen LogP contribution is 2.44. The van der Waals surface area contributed by atoms with Crippen LogP contribution < -0.4 is 4.90 Å². The van der Waals surface area contributed by atoms with Gasteiger partial charge in [0.1, 0.15) is 0 Å². The van der Waals surface area contributed by atoms with Crippen molar-refractivity contribution in [3.05, 3.63) is 31.2 Å². The molecule has 81 valence electrons. The van der Waals surface area contributed by atoms with Gasteiger partial charge in [-0.2, -0.15) is 0 Å².